The van der Waals surface area contributed by atoms with Crippen LogP contribution in [-0.2, 0) is 11.2 Å². The lowest BCUT2D eigenvalue weighted by Crippen LogP contribution is -2.33. The van der Waals surface area contributed by atoms with Gasteiger partial charge in [0.15, 0.2) is 0 Å². The summed E-state index contributed by atoms with van der Waals surface area (Å²) in [7, 11) is 0. The highest BCUT2D eigenvalue weighted by molar-refractivity contribution is 5.88. The van der Waals surface area contributed by atoms with Gasteiger partial charge in [-0.25, -0.2) is 0 Å². The van der Waals surface area contributed by atoms with E-state index in [1.54, 1.807) is 0 Å². The van der Waals surface area contributed by atoms with Crippen molar-refractivity contribution in [2.75, 3.05) is 19.6 Å². The van der Waals surface area contributed by atoms with Crippen LogP contribution in [0.1, 0.15) is 25.8 Å². The predicted molar refractivity (Wildman–Crippen MR) is 89.8 cm³/mol. The Bertz CT molecular complexity index is 647. The van der Waals surface area contributed by atoms with Gasteiger partial charge in [-0.15, -0.1) is 0 Å². The first-order valence-corrected chi connectivity index (χ1v) is 8.19. The maximum absolute atomic E-state index is 12.2. The van der Waals surface area contributed by atoms with Crippen molar-refractivity contribution >= 4 is 16.8 Å². The van der Waals surface area contributed by atoms with Gasteiger partial charge in [-0.1, -0.05) is 18.2 Å². The molecule has 1 aromatic heterocycles. The summed E-state index contributed by atoms with van der Waals surface area (Å²) in [5.74, 6) is 0.710. The smallest absolute Gasteiger partial charge is 0.224 e. The first-order chi connectivity index (χ1) is 10.6. The van der Waals surface area contributed by atoms with E-state index in [4.69, 9.17) is 0 Å². The van der Waals surface area contributed by atoms with Gasteiger partial charge in [0.25, 0.3) is 0 Å². The van der Waals surface area contributed by atoms with Crippen LogP contribution >= 0.6 is 0 Å². The van der Waals surface area contributed by atoms with Gasteiger partial charge in [0.2, 0.25) is 5.91 Å². The molecular formula is C18H25N3O. The summed E-state index contributed by atoms with van der Waals surface area (Å²) in [5.41, 5.74) is 2.16. The quantitative estimate of drug-likeness (QED) is 0.891. The first-order valence-electron chi connectivity index (χ1n) is 8.19. The van der Waals surface area contributed by atoms with Crippen LogP contribution in [0.15, 0.2) is 30.5 Å². The van der Waals surface area contributed by atoms with Crippen LogP contribution in [0, 0.1) is 5.92 Å². The Morgan fingerprint density at radius 2 is 2.23 bits per heavy atom. The van der Waals surface area contributed by atoms with Crippen molar-refractivity contribution in [3.8, 4) is 0 Å². The summed E-state index contributed by atoms with van der Waals surface area (Å²) in [6.07, 6.45) is 3.58. The van der Waals surface area contributed by atoms with Crippen LogP contribution in [0.4, 0.5) is 0 Å². The molecule has 1 aliphatic heterocycles. The number of H-pyrrole nitrogens is 1. The topological polar surface area (TPSA) is 48.1 Å². The molecule has 2 aromatic rings. The maximum Gasteiger partial charge on any atom is 0.224 e. The van der Waals surface area contributed by atoms with Crippen LogP contribution < -0.4 is 5.32 Å². The van der Waals surface area contributed by atoms with Crippen molar-refractivity contribution in [2.45, 2.75) is 32.7 Å². The number of amides is 1. The molecule has 1 saturated heterocycles. The van der Waals surface area contributed by atoms with Gasteiger partial charge in [0.05, 0.1) is 6.42 Å². The molecule has 1 atom stereocenters. The SMILES string of the molecule is CC(C)N1CC[C@H](CNC(=O)Cc2c[nH]c3ccccc23)C1. The molecule has 2 heterocycles. The molecule has 118 valence electrons. The normalized spacial score (nSPS) is 19.1. The molecule has 3 rings (SSSR count). The van der Waals surface area contributed by atoms with E-state index < -0.39 is 0 Å². The molecule has 0 bridgehead atoms. The number of rotatable bonds is 5. The van der Waals surface area contributed by atoms with Gasteiger partial charge in [0.1, 0.15) is 0 Å². The Labute approximate surface area is 131 Å². The number of benzene rings is 1. The molecule has 1 aliphatic rings. The predicted octanol–water partition coefficient (Wildman–Crippen LogP) is 2.56. The molecule has 2 N–H and O–H groups in total. The van der Waals surface area contributed by atoms with E-state index in [9.17, 15) is 4.79 Å². The zero-order chi connectivity index (χ0) is 15.5. The molecule has 1 aromatic carbocycles. The Morgan fingerprint density at radius 3 is 3.00 bits per heavy atom. The van der Waals surface area contributed by atoms with Crippen molar-refractivity contribution in [1.82, 2.24) is 15.2 Å². The van der Waals surface area contributed by atoms with Crippen LogP contribution in [0.3, 0.4) is 0 Å². The number of carbonyl (C=O) groups is 1. The molecule has 1 fully saturated rings. The van der Waals surface area contributed by atoms with Crippen LogP contribution in [0.25, 0.3) is 10.9 Å². The first kappa shape index (κ1) is 15.1. The molecular weight excluding hydrogens is 274 g/mol. The van der Waals surface area contributed by atoms with Crippen molar-refractivity contribution < 1.29 is 4.79 Å². The fourth-order valence-corrected chi connectivity index (χ4v) is 3.27. The maximum atomic E-state index is 12.2. The van der Waals surface area contributed by atoms with Crippen molar-refractivity contribution in [3.05, 3.63) is 36.0 Å². The van der Waals surface area contributed by atoms with Gasteiger partial charge in [-0.2, -0.15) is 0 Å². The van der Waals surface area contributed by atoms with Crippen LogP contribution in [-0.4, -0.2) is 41.5 Å². The fraction of sp³-hybridized carbons (Fsp3) is 0.500. The van der Waals surface area contributed by atoms with Crippen molar-refractivity contribution in [1.29, 1.82) is 0 Å². The number of aromatic amines is 1. The summed E-state index contributed by atoms with van der Waals surface area (Å²) in [6, 6.07) is 8.72. The highest BCUT2D eigenvalue weighted by Gasteiger charge is 2.24. The molecule has 0 saturated carbocycles. The second-order valence-electron chi connectivity index (χ2n) is 6.58. The number of hydrogen-bond acceptors (Lipinski definition) is 2. The standard InChI is InChI=1S/C18H25N3O/c1-13(2)21-8-7-14(12-21)10-20-18(22)9-15-11-19-17-6-4-3-5-16(15)17/h3-6,11,13-14,19H,7-10,12H2,1-2H3,(H,20,22)/t14-/m1/s1. The monoisotopic (exact) mass is 299 g/mol. The molecule has 0 spiro atoms. The van der Waals surface area contributed by atoms with Gasteiger partial charge in [-0.3, -0.25) is 4.79 Å². The highest BCUT2D eigenvalue weighted by atomic mass is 16.1. The number of fused-ring (bicyclic) bond motifs is 1. The number of likely N-dealkylation sites (tertiary alicyclic amines) is 1. The van der Waals surface area contributed by atoms with Gasteiger partial charge in [0, 0.05) is 36.2 Å². The number of nitrogens with zero attached hydrogens (tertiary/aromatic N) is 1. The zero-order valence-corrected chi connectivity index (χ0v) is 13.4. The Morgan fingerprint density at radius 1 is 1.41 bits per heavy atom. The third-order valence-corrected chi connectivity index (χ3v) is 4.66. The number of para-hydroxylation sites is 1. The van der Waals surface area contributed by atoms with E-state index in [0.29, 0.717) is 18.4 Å². The lowest BCUT2D eigenvalue weighted by atomic mass is 10.1. The molecule has 1 amide bonds. The zero-order valence-electron chi connectivity index (χ0n) is 13.4. The minimum atomic E-state index is 0.118. The fourth-order valence-electron chi connectivity index (χ4n) is 3.27. The molecule has 22 heavy (non-hydrogen) atoms. The lowest BCUT2D eigenvalue weighted by Gasteiger charge is -2.20. The second-order valence-corrected chi connectivity index (χ2v) is 6.58. The number of aromatic nitrogens is 1. The Hall–Kier alpha value is -1.81. The Kier molecular flexibility index (Phi) is 4.48. The number of carbonyl (C=O) groups excluding carboxylic acids is 1. The van der Waals surface area contributed by atoms with Crippen molar-refractivity contribution in [3.63, 3.8) is 0 Å². The van der Waals surface area contributed by atoms with E-state index in [2.05, 4.69) is 35.1 Å². The summed E-state index contributed by atoms with van der Waals surface area (Å²) in [6.45, 7) is 7.52. The summed E-state index contributed by atoms with van der Waals surface area (Å²) in [5, 5.41) is 4.25. The van der Waals surface area contributed by atoms with E-state index in [-0.39, 0.29) is 5.91 Å². The average molecular weight is 299 g/mol. The van der Waals surface area contributed by atoms with E-state index in [1.165, 1.54) is 6.42 Å². The molecule has 0 radical (unpaired) electrons. The molecule has 4 heteroatoms. The number of hydrogen-bond donors (Lipinski definition) is 2. The third kappa shape index (κ3) is 3.33. The second kappa shape index (κ2) is 6.53. The molecule has 0 unspecified atom stereocenters. The minimum absolute atomic E-state index is 0.118. The van der Waals surface area contributed by atoms with Gasteiger partial charge < -0.3 is 15.2 Å². The molecule has 0 aliphatic carbocycles. The summed E-state index contributed by atoms with van der Waals surface area (Å²) < 4.78 is 0. The lowest BCUT2D eigenvalue weighted by molar-refractivity contribution is -0.120. The van der Waals surface area contributed by atoms with Crippen molar-refractivity contribution in [2.24, 2.45) is 5.92 Å². The average Bonchev–Trinajstić information content (AvgIpc) is 3.13. The third-order valence-electron chi connectivity index (χ3n) is 4.66. The molecule has 4 nitrogen and oxygen atoms in total. The largest absolute Gasteiger partial charge is 0.361 e. The Balaban J connectivity index is 1.51. The van der Waals surface area contributed by atoms with Gasteiger partial charge >= 0.3 is 0 Å². The van der Waals surface area contributed by atoms with Crippen LogP contribution in [0.5, 0.6) is 0 Å². The highest BCUT2D eigenvalue weighted by Crippen LogP contribution is 2.19. The minimum Gasteiger partial charge on any atom is -0.361 e. The van der Waals surface area contributed by atoms with E-state index in [0.717, 1.165) is 36.1 Å². The van der Waals surface area contributed by atoms with E-state index in [1.807, 2.05) is 24.4 Å². The van der Waals surface area contributed by atoms with E-state index >= 15 is 0 Å². The van der Waals surface area contributed by atoms with Crippen LogP contribution in [0.2, 0.25) is 0 Å². The van der Waals surface area contributed by atoms with Gasteiger partial charge in [-0.05, 0) is 44.4 Å². The summed E-state index contributed by atoms with van der Waals surface area (Å²) in [4.78, 5) is 17.9. The number of nitrogens with one attached hydrogen (secondary N) is 2. The summed E-state index contributed by atoms with van der Waals surface area (Å²) >= 11 is 0.